The van der Waals surface area contributed by atoms with Crippen LogP contribution in [0.3, 0.4) is 0 Å². The van der Waals surface area contributed by atoms with Crippen LogP contribution in [0.2, 0.25) is 0 Å². The van der Waals surface area contributed by atoms with Gasteiger partial charge in [-0.3, -0.25) is 9.59 Å². The molecule has 1 fully saturated rings. The average Bonchev–Trinajstić information content (AvgIpc) is 2.51. The highest BCUT2D eigenvalue weighted by Crippen LogP contribution is 2.28. The highest BCUT2D eigenvalue weighted by molar-refractivity contribution is 6.35. The predicted octanol–water partition coefficient (Wildman–Crippen LogP) is 2.85. The minimum absolute atomic E-state index is 0.0151. The number of carbonyl (C=O) groups excluding carboxylic acids is 2. The Morgan fingerprint density at radius 1 is 1.08 bits per heavy atom. The minimum Gasteiger partial charge on any atom is -0.345 e. The molecule has 1 atom stereocenters. The van der Waals surface area contributed by atoms with E-state index in [-0.39, 0.29) is 23.2 Å². The van der Waals surface area contributed by atoms with Crippen molar-refractivity contribution in [2.45, 2.75) is 84.0 Å². The molecule has 1 saturated heterocycles. The maximum atomic E-state index is 12.4. The lowest BCUT2D eigenvalue weighted by Gasteiger charge is -2.46. The van der Waals surface area contributed by atoms with Crippen LogP contribution in [-0.4, -0.2) is 28.9 Å². The van der Waals surface area contributed by atoms with Crippen LogP contribution in [0.25, 0.3) is 0 Å². The first-order valence-electron chi connectivity index (χ1n) is 9.51. The molecule has 1 aromatic rings. The summed E-state index contributed by atoms with van der Waals surface area (Å²) in [5.74, 6) is -1.13. The van der Waals surface area contributed by atoms with Gasteiger partial charge in [-0.15, -0.1) is 0 Å². The first kappa shape index (κ1) is 20.4. The van der Waals surface area contributed by atoms with E-state index in [2.05, 4.69) is 62.7 Å². The largest absolute Gasteiger partial charge is 0.345 e. The third-order valence-corrected chi connectivity index (χ3v) is 4.97. The van der Waals surface area contributed by atoms with Gasteiger partial charge in [0, 0.05) is 17.1 Å². The molecule has 1 aliphatic heterocycles. The molecule has 5 nitrogen and oxygen atoms in total. The fourth-order valence-corrected chi connectivity index (χ4v) is 4.06. The number of hydrogen-bond donors (Lipinski definition) is 3. The Labute approximate surface area is 157 Å². The van der Waals surface area contributed by atoms with E-state index in [9.17, 15) is 9.59 Å². The van der Waals surface area contributed by atoms with Gasteiger partial charge in [-0.05, 0) is 65.0 Å². The Kier molecular flexibility index (Phi) is 6.12. The molecule has 1 heterocycles. The van der Waals surface area contributed by atoms with Crippen LogP contribution in [-0.2, 0) is 16.0 Å². The highest BCUT2D eigenvalue weighted by atomic mass is 16.2. The zero-order chi connectivity index (χ0) is 19.5. The van der Waals surface area contributed by atoms with Gasteiger partial charge in [-0.25, -0.2) is 0 Å². The SMILES string of the molecule is CCc1ccc(C(C)NC(=O)C(=O)NC2CC(C)(C)NC(C)(C)C2)cc1. The van der Waals surface area contributed by atoms with Crippen LogP contribution >= 0.6 is 0 Å². The molecular weight excluding hydrogens is 326 g/mol. The van der Waals surface area contributed by atoms with Crippen LogP contribution in [0.15, 0.2) is 24.3 Å². The zero-order valence-corrected chi connectivity index (χ0v) is 16.9. The monoisotopic (exact) mass is 359 g/mol. The van der Waals surface area contributed by atoms with Gasteiger partial charge in [0.15, 0.2) is 0 Å². The van der Waals surface area contributed by atoms with Gasteiger partial charge < -0.3 is 16.0 Å². The van der Waals surface area contributed by atoms with E-state index in [0.717, 1.165) is 24.8 Å². The lowest BCUT2D eigenvalue weighted by atomic mass is 9.79. The van der Waals surface area contributed by atoms with Gasteiger partial charge in [0.2, 0.25) is 0 Å². The van der Waals surface area contributed by atoms with Crippen molar-refractivity contribution in [3.63, 3.8) is 0 Å². The van der Waals surface area contributed by atoms with Crippen molar-refractivity contribution in [2.24, 2.45) is 0 Å². The molecule has 0 aliphatic carbocycles. The second-order valence-corrected chi connectivity index (χ2v) is 8.76. The van der Waals surface area contributed by atoms with Crippen molar-refractivity contribution in [2.75, 3.05) is 0 Å². The van der Waals surface area contributed by atoms with E-state index >= 15 is 0 Å². The molecule has 1 unspecified atom stereocenters. The fraction of sp³-hybridized carbons (Fsp3) is 0.619. The summed E-state index contributed by atoms with van der Waals surface area (Å²) in [6.45, 7) is 12.5. The van der Waals surface area contributed by atoms with E-state index in [1.807, 2.05) is 19.1 Å². The summed E-state index contributed by atoms with van der Waals surface area (Å²) in [5, 5.41) is 9.29. The van der Waals surface area contributed by atoms with E-state index in [4.69, 9.17) is 0 Å². The van der Waals surface area contributed by atoms with Crippen molar-refractivity contribution in [1.82, 2.24) is 16.0 Å². The number of aryl methyl sites for hydroxylation is 1. The third-order valence-electron chi connectivity index (χ3n) is 4.97. The van der Waals surface area contributed by atoms with Crippen molar-refractivity contribution in [1.29, 1.82) is 0 Å². The topological polar surface area (TPSA) is 70.2 Å². The van der Waals surface area contributed by atoms with Gasteiger partial charge in [-0.1, -0.05) is 31.2 Å². The molecule has 26 heavy (non-hydrogen) atoms. The maximum absolute atomic E-state index is 12.4. The molecule has 2 rings (SSSR count). The molecule has 0 bridgehead atoms. The van der Waals surface area contributed by atoms with Gasteiger partial charge in [0.1, 0.15) is 0 Å². The Balaban J connectivity index is 1.93. The molecule has 144 valence electrons. The number of nitrogens with one attached hydrogen (secondary N) is 3. The van der Waals surface area contributed by atoms with Crippen molar-refractivity contribution >= 4 is 11.8 Å². The molecule has 5 heteroatoms. The van der Waals surface area contributed by atoms with Crippen LogP contribution < -0.4 is 16.0 Å². The van der Waals surface area contributed by atoms with E-state index < -0.39 is 11.8 Å². The Hall–Kier alpha value is -1.88. The maximum Gasteiger partial charge on any atom is 0.309 e. The summed E-state index contributed by atoms with van der Waals surface area (Å²) in [7, 11) is 0. The molecule has 0 spiro atoms. The minimum atomic E-state index is -0.578. The number of piperidine rings is 1. The molecular formula is C21H33N3O2. The normalized spacial score (nSPS) is 20.2. The lowest BCUT2D eigenvalue weighted by molar-refractivity contribution is -0.140. The summed E-state index contributed by atoms with van der Waals surface area (Å²) in [6, 6.07) is 7.88. The molecule has 2 amide bonds. The molecule has 3 N–H and O–H groups in total. The number of carbonyl (C=O) groups is 2. The number of hydrogen-bond acceptors (Lipinski definition) is 3. The van der Waals surface area contributed by atoms with E-state index in [1.54, 1.807) is 0 Å². The second-order valence-electron chi connectivity index (χ2n) is 8.76. The van der Waals surface area contributed by atoms with Gasteiger partial charge in [0.05, 0.1) is 6.04 Å². The molecule has 1 aliphatic rings. The quantitative estimate of drug-likeness (QED) is 0.724. The van der Waals surface area contributed by atoms with Crippen molar-refractivity contribution < 1.29 is 9.59 Å². The van der Waals surface area contributed by atoms with Crippen LogP contribution in [0.4, 0.5) is 0 Å². The third kappa shape index (κ3) is 5.56. The molecule has 1 aromatic carbocycles. The second kappa shape index (κ2) is 7.78. The summed E-state index contributed by atoms with van der Waals surface area (Å²) in [4.78, 5) is 24.7. The number of rotatable bonds is 4. The Morgan fingerprint density at radius 2 is 1.62 bits per heavy atom. The van der Waals surface area contributed by atoms with Crippen LogP contribution in [0.1, 0.15) is 71.6 Å². The molecule has 0 aromatic heterocycles. The summed E-state index contributed by atoms with van der Waals surface area (Å²) >= 11 is 0. The number of amides is 2. The van der Waals surface area contributed by atoms with Gasteiger partial charge >= 0.3 is 11.8 Å². The van der Waals surface area contributed by atoms with Crippen molar-refractivity contribution in [3.05, 3.63) is 35.4 Å². The Bertz CT molecular complexity index is 634. The number of benzene rings is 1. The van der Waals surface area contributed by atoms with Crippen LogP contribution in [0, 0.1) is 0 Å². The van der Waals surface area contributed by atoms with Gasteiger partial charge in [-0.2, -0.15) is 0 Å². The lowest BCUT2D eigenvalue weighted by Crippen LogP contribution is -2.62. The summed E-state index contributed by atoms with van der Waals surface area (Å²) in [6.07, 6.45) is 2.57. The first-order chi connectivity index (χ1) is 12.0. The molecule has 0 radical (unpaired) electrons. The summed E-state index contributed by atoms with van der Waals surface area (Å²) < 4.78 is 0. The fourth-order valence-electron chi connectivity index (χ4n) is 4.06. The smallest absolute Gasteiger partial charge is 0.309 e. The van der Waals surface area contributed by atoms with Crippen molar-refractivity contribution in [3.8, 4) is 0 Å². The average molecular weight is 360 g/mol. The first-order valence-corrected chi connectivity index (χ1v) is 9.51. The van der Waals surface area contributed by atoms with E-state index in [1.165, 1.54) is 5.56 Å². The standard InChI is InChI=1S/C21H33N3O2/c1-7-15-8-10-16(11-9-15)14(2)22-18(25)19(26)23-17-12-20(3,4)24-21(5,6)13-17/h8-11,14,17,24H,7,12-13H2,1-6H3,(H,22,25)(H,23,26). The zero-order valence-electron chi connectivity index (χ0n) is 16.9. The van der Waals surface area contributed by atoms with Crippen LogP contribution in [0.5, 0.6) is 0 Å². The molecule has 0 saturated carbocycles. The summed E-state index contributed by atoms with van der Waals surface area (Å²) in [5.41, 5.74) is 2.09. The Morgan fingerprint density at radius 3 is 2.12 bits per heavy atom. The predicted molar refractivity (Wildman–Crippen MR) is 105 cm³/mol. The van der Waals surface area contributed by atoms with Gasteiger partial charge in [0.25, 0.3) is 0 Å². The highest BCUT2D eigenvalue weighted by Gasteiger charge is 2.38. The van der Waals surface area contributed by atoms with E-state index in [0.29, 0.717) is 0 Å².